The van der Waals surface area contributed by atoms with E-state index in [9.17, 15) is 9.59 Å². The van der Waals surface area contributed by atoms with Gasteiger partial charge in [0.2, 0.25) is 0 Å². The van der Waals surface area contributed by atoms with Crippen LogP contribution in [0, 0.1) is 0 Å². The summed E-state index contributed by atoms with van der Waals surface area (Å²) in [7, 11) is 3.23. The van der Waals surface area contributed by atoms with Crippen molar-refractivity contribution in [1.82, 2.24) is 4.90 Å². The van der Waals surface area contributed by atoms with Gasteiger partial charge in [0.1, 0.15) is 11.5 Å². The Kier molecular flexibility index (Phi) is 6.09. The summed E-state index contributed by atoms with van der Waals surface area (Å²) in [4.78, 5) is 27.0. The summed E-state index contributed by atoms with van der Waals surface area (Å²) in [6.45, 7) is 0.234. The summed E-state index contributed by atoms with van der Waals surface area (Å²) < 4.78 is 10.4. The molecular formula is C25H21NO4S. The first-order valence-electron chi connectivity index (χ1n) is 9.70. The standard InChI is InChI=1S/C25H21NO4S/c1-29-21-10-6-17(7-11-21)16-26-24(27)23(31-25(26)28)15-18-4-3-5-20(14-18)19-8-12-22(30-2)13-9-19/h3-15H,16H2,1-2H3/b23-15-. The number of ether oxygens (including phenoxy) is 2. The van der Waals surface area contributed by atoms with Gasteiger partial charge >= 0.3 is 0 Å². The third-order valence-electron chi connectivity index (χ3n) is 4.98. The van der Waals surface area contributed by atoms with Crippen LogP contribution in [0.3, 0.4) is 0 Å². The molecule has 1 aliphatic heterocycles. The van der Waals surface area contributed by atoms with E-state index in [1.807, 2.05) is 72.8 Å². The molecule has 5 nitrogen and oxygen atoms in total. The number of hydrogen-bond donors (Lipinski definition) is 0. The highest BCUT2D eigenvalue weighted by atomic mass is 32.2. The van der Waals surface area contributed by atoms with Gasteiger partial charge < -0.3 is 9.47 Å². The maximum atomic E-state index is 12.9. The smallest absolute Gasteiger partial charge is 0.293 e. The molecule has 4 rings (SSSR count). The van der Waals surface area contributed by atoms with Crippen LogP contribution in [-0.2, 0) is 11.3 Å². The molecule has 0 aliphatic carbocycles. The summed E-state index contributed by atoms with van der Waals surface area (Å²) in [5, 5.41) is -0.265. The predicted molar refractivity (Wildman–Crippen MR) is 123 cm³/mol. The minimum Gasteiger partial charge on any atom is -0.497 e. The quantitative estimate of drug-likeness (QED) is 0.475. The molecule has 0 aromatic heterocycles. The minimum atomic E-state index is -0.277. The minimum absolute atomic E-state index is 0.234. The lowest BCUT2D eigenvalue weighted by molar-refractivity contribution is -0.123. The van der Waals surface area contributed by atoms with Gasteiger partial charge in [-0.25, -0.2) is 0 Å². The average Bonchev–Trinajstić information content (AvgIpc) is 3.07. The molecule has 1 fully saturated rings. The van der Waals surface area contributed by atoms with Crippen LogP contribution in [0.25, 0.3) is 17.2 Å². The maximum Gasteiger partial charge on any atom is 0.293 e. The van der Waals surface area contributed by atoms with Crippen molar-refractivity contribution in [3.05, 3.63) is 88.8 Å². The number of hydrogen-bond acceptors (Lipinski definition) is 5. The second kappa shape index (κ2) is 9.10. The monoisotopic (exact) mass is 431 g/mol. The molecule has 6 heteroatoms. The lowest BCUT2D eigenvalue weighted by Gasteiger charge is -2.12. The van der Waals surface area contributed by atoms with E-state index in [2.05, 4.69) is 0 Å². The highest BCUT2D eigenvalue weighted by Gasteiger charge is 2.34. The maximum absolute atomic E-state index is 12.9. The highest BCUT2D eigenvalue weighted by Crippen LogP contribution is 2.34. The first-order valence-corrected chi connectivity index (χ1v) is 10.5. The zero-order valence-electron chi connectivity index (χ0n) is 17.2. The van der Waals surface area contributed by atoms with Crippen LogP contribution >= 0.6 is 11.8 Å². The molecule has 0 bridgehead atoms. The lowest BCUT2D eigenvalue weighted by Crippen LogP contribution is -2.27. The molecular weight excluding hydrogens is 410 g/mol. The van der Waals surface area contributed by atoms with Gasteiger partial charge in [-0.3, -0.25) is 14.5 Å². The third-order valence-corrected chi connectivity index (χ3v) is 5.89. The van der Waals surface area contributed by atoms with Crippen LogP contribution in [0.5, 0.6) is 11.5 Å². The zero-order chi connectivity index (χ0) is 21.8. The van der Waals surface area contributed by atoms with Crippen LogP contribution in [0.15, 0.2) is 77.7 Å². The summed E-state index contributed by atoms with van der Waals surface area (Å²) in [5.74, 6) is 1.25. The SMILES string of the molecule is COc1ccc(CN2C(=O)S/C(=C\c3cccc(-c4ccc(OC)cc4)c3)C2=O)cc1. The van der Waals surface area contributed by atoms with Crippen LogP contribution in [0.2, 0.25) is 0 Å². The second-order valence-corrected chi connectivity index (χ2v) is 7.96. The molecule has 0 radical (unpaired) electrons. The fraction of sp³-hybridized carbons (Fsp3) is 0.120. The van der Waals surface area contributed by atoms with Crippen molar-refractivity contribution in [3.8, 4) is 22.6 Å². The number of amides is 2. The molecule has 1 aliphatic rings. The normalized spacial score (nSPS) is 14.9. The van der Waals surface area contributed by atoms with E-state index in [0.29, 0.717) is 4.91 Å². The third kappa shape index (κ3) is 4.64. The molecule has 31 heavy (non-hydrogen) atoms. The number of carbonyl (C=O) groups is 2. The molecule has 156 valence electrons. The lowest BCUT2D eigenvalue weighted by atomic mass is 10.0. The number of imide groups is 1. The number of rotatable bonds is 6. The van der Waals surface area contributed by atoms with Crippen molar-refractivity contribution in [1.29, 1.82) is 0 Å². The Morgan fingerprint density at radius 1 is 0.839 bits per heavy atom. The van der Waals surface area contributed by atoms with Crippen LogP contribution in [0.4, 0.5) is 4.79 Å². The first kappa shape index (κ1) is 20.8. The van der Waals surface area contributed by atoms with E-state index in [1.165, 1.54) is 4.90 Å². The summed E-state index contributed by atoms with van der Waals surface area (Å²) in [5.41, 5.74) is 3.80. The van der Waals surface area contributed by atoms with E-state index in [0.717, 1.165) is 45.5 Å². The van der Waals surface area contributed by atoms with Gasteiger partial charge in [-0.2, -0.15) is 0 Å². The van der Waals surface area contributed by atoms with Gasteiger partial charge in [0, 0.05) is 0 Å². The highest BCUT2D eigenvalue weighted by molar-refractivity contribution is 8.18. The van der Waals surface area contributed by atoms with Crippen molar-refractivity contribution in [2.24, 2.45) is 0 Å². The van der Waals surface area contributed by atoms with E-state index in [4.69, 9.17) is 9.47 Å². The number of benzene rings is 3. The molecule has 1 heterocycles. The Labute approximate surface area is 185 Å². The van der Waals surface area contributed by atoms with Gasteiger partial charge in [0.25, 0.3) is 11.1 Å². The summed E-state index contributed by atoms with van der Waals surface area (Å²) in [6, 6.07) is 23.0. The Bertz CT molecular complexity index is 1140. The molecule has 0 N–H and O–H groups in total. The van der Waals surface area contributed by atoms with Crippen molar-refractivity contribution in [2.75, 3.05) is 14.2 Å². The molecule has 0 spiro atoms. The van der Waals surface area contributed by atoms with E-state index in [-0.39, 0.29) is 17.7 Å². The van der Waals surface area contributed by atoms with Gasteiger partial charge in [-0.1, -0.05) is 42.5 Å². The largest absolute Gasteiger partial charge is 0.497 e. The van der Waals surface area contributed by atoms with Crippen molar-refractivity contribution in [2.45, 2.75) is 6.54 Å². The van der Waals surface area contributed by atoms with Crippen LogP contribution in [-0.4, -0.2) is 30.3 Å². The van der Waals surface area contributed by atoms with Crippen molar-refractivity contribution in [3.63, 3.8) is 0 Å². The molecule has 2 amide bonds. The van der Waals surface area contributed by atoms with E-state index >= 15 is 0 Å². The predicted octanol–water partition coefficient (Wildman–Crippen LogP) is 5.61. The Hall–Kier alpha value is -3.51. The zero-order valence-corrected chi connectivity index (χ0v) is 18.0. The molecule has 3 aromatic carbocycles. The number of methoxy groups -OCH3 is 2. The molecule has 0 saturated carbocycles. The van der Waals surface area contributed by atoms with Gasteiger partial charge in [-0.15, -0.1) is 0 Å². The Morgan fingerprint density at radius 2 is 1.48 bits per heavy atom. The van der Waals surface area contributed by atoms with Crippen LogP contribution in [0.1, 0.15) is 11.1 Å². The van der Waals surface area contributed by atoms with Gasteiger partial charge in [0.15, 0.2) is 0 Å². The van der Waals surface area contributed by atoms with E-state index < -0.39 is 0 Å². The number of carbonyl (C=O) groups excluding carboxylic acids is 2. The first-order chi connectivity index (χ1) is 15.1. The van der Waals surface area contributed by atoms with Crippen molar-refractivity contribution < 1.29 is 19.1 Å². The fourth-order valence-corrected chi connectivity index (χ4v) is 4.13. The van der Waals surface area contributed by atoms with E-state index in [1.54, 1.807) is 20.3 Å². The Morgan fingerprint density at radius 3 is 2.13 bits per heavy atom. The van der Waals surface area contributed by atoms with Crippen molar-refractivity contribution >= 4 is 29.0 Å². The van der Waals surface area contributed by atoms with Crippen LogP contribution < -0.4 is 9.47 Å². The molecule has 0 unspecified atom stereocenters. The molecule has 0 atom stereocenters. The van der Waals surface area contributed by atoms with Gasteiger partial charge in [0.05, 0.1) is 25.7 Å². The second-order valence-electron chi connectivity index (χ2n) is 6.97. The number of nitrogens with zero attached hydrogens (tertiary/aromatic N) is 1. The molecule has 3 aromatic rings. The topological polar surface area (TPSA) is 55.8 Å². The Balaban J connectivity index is 1.53. The fourth-order valence-electron chi connectivity index (χ4n) is 3.29. The average molecular weight is 432 g/mol. The molecule has 1 saturated heterocycles. The summed E-state index contributed by atoms with van der Waals surface area (Å²) in [6.07, 6.45) is 1.77. The van der Waals surface area contributed by atoms with Gasteiger partial charge in [-0.05, 0) is 70.4 Å². The summed E-state index contributed by atoms with van der Waals surface area (Å²) >= 11 is 0.967. The number of thioether (sulfide) groups is 1.